The molecule has 0 radical (unpaired) electrons. The van der Waals surface area contributed by atoms with Gasteiger partial charge in [-0.05, 0) is 60.9 Å². The Labute approximate surface area is 148 Å². The van der Waals surface area contributed by atoms with Crippen LogP contribution in [0.1, 0.15) is 16.8 Å². The molecule has 0 amide bonds. The summed E-state index contributed by atoms with van der Waals surface area (Å²) in [6, 6.07) is 29.4. The molecule has 0 saturated heterocycles. The van der Waals surface area contributed by atoms with E-state index in [0.29, 0.717) is 0 Å². The van der Waals surface area contributed by atoms with Gasteiger partial charge in [0.2, 0.25) is 0 Å². The van der Waals surface area contributed by atoms with E-state index in [2.05, 4.69) is 77.9 Å². The van der Waals surface area contributed by atoms with Crippen LogP contribution in [-0.2, 0) is 6.42 Å². The Hall–Kier alpha value is -3.13. The van der Waals surface area contributed by atoms with Gasteiger partial charge in [-0.3, -0.25) is 4.98 Å². The minimum atomic E-state index is 0.912. The number of hydrogen-bond acceptors (Lipinski definition) is 2. The molecule has 1 heterocycles. The summed E-state index contributed by atoms with van der Waals surface area (Å²) in [7, 11) is 0. The van der Waals surface area contributed by atoms with Gasteiger partial charge >= 0.3 is 0 Å². The van der Waals surface area contributed by atoms with Crippen LogP contribution in [0.5, 0.6) is 0 Å². The second-order valence-electron chi connectivity index (χ2n) is 6.30. The highest BCUT2D eigenvalue weighted by Gasteiger charge is 2.05. The lowest BCUT2D eigenvalue weighted by Crippen LogP contribution is -1.95. The normalized spacial score (nSPS) is 10.8. The van der Waals surface area contributed by atoms with E-state index in [0.717, 1.165) is 29.0 Å². The summed E-state index contributed by atoms with van der Waals surface area (Å²) in [6.07, 6.45) is 0.912. The SMILES string of the molecule is Cc1cc(Cc2ccc(Nc3ccccc3)cc2)c2ccccc2n1. The van der Waals surface area contributed by atoms with Gasteiger partial charge in [-0.15, -0.1) is 0 Å². The van der Waals surface area contributed by atoms with E-state index >= 15 is 0 Å². The van der Waals surface area contributed by atoms with E-state index in [1.165, 1.54) is 16.5 Å². The molecule has 1 N–H and O–H groups in total. The average Bonchev–Trinajstić information content (AvgIpc) is 2.64. The zero-order valence-electron chi connectivity index (χ0n) is 14.2. The van der Waals surface area contributed by atoms with Crippen LogP contribution in [0.15, 0.2) is 84.9 Å². The summed E-state index contributed by atoms with van der Waals surface area (Å²) < 4.78 is 0. The highest BCUT2D eigenvalue weighted by atomic mass is 14.9. The zero-order valence-corrected chi connectivity index (χ0v) is 14.2. The summed E-state index contributed by atoms with van der Waals surface area (Å²) in [6.45, 7) is 2.06. The fourth-order valence-electron chi connectivity index (χ4n) is 3.16. The third-order valence-corrected chi connectivity index (χ3v) is 4.34. The van der Waals surface area contributed by atoms with Crippen molar-refractivity contribution in [1.82, 2.24) is 4.98 Å². The molecule has 4 rings (SSSR count). The van der Waals surface area contributed by atoms with Gasteiger partial charge in [0.25, 0.3) is 0 Å². The van der Waals surface area contributed by atoms with Crippen molar-refractivity contribution in [2.24, 2.45) is 0 Å². The van der Waals surface area contributed by atoms with Crippen LogP contribution in [0, 0.1) is 6.92 Å². The largest absolute Gasteiger partial charge is 0.356 e. The quantitative estimate of drug-likeness (QED) is 0.507. The smallest absolute Gasteiger partial charge is 0.0708 e. The highest BCUT2D eigenvalue weighted by Crippen LogP contribution is 2.23. The maximum atomic E-state index is 4.63. The Morgan fingerprint density at radius 1 is 0.760 bits per heavy atom. The van der Waals surface area contributed by atoms with Crippen molar-refractivity contribution in [3.63, 3.8) is 0 Å². The Morgan fingerprint density at radius 3 is 2.24 bits per heavy atom. The lowest BCUT2D eigenvalue weighted by molar-refractivity contribution is 1.16. The van der Waals surface area contributed by atoms with Gasteiger partial charge in [-0.25, -0.2) is 0 Å². The van der Waals surface area contributed by atoms with Crippen molar-refractivity contribution < 1.29 is 0 Å². The van der Waals surface area contributed by atoms with E-state index in [9.17, 15) is 0 Å². The number of rotatable bonds is 4. The summed E-state index contributed by atoms with van der Waals surface area (Å²) in [5.41, 5.74) is 6.97. The minimum absolute atomic E-state index is 0.912. The summed E-state index contributed by atoms with van der Waals surface area (Å²) in [5, 5.41) is 4.66. The predicted octanol–water partition coefficient (Wildman–Crippen LogP) is 5.88. The minimum Gasteiger partial charge on any atom is -0.356 e. The summed E-state index contributed by atoms with van der Waals surface area (Å²) in [5.74, 6) is 0. The Morgan fingerprint density at radius 2 is 1.44 bits per heavy atom. The lowest BCUT2D eigenvalue weighted by Gasteiger charge is -2.10. The summed E-state index contributed by atoms with van der Waals surface area (Å²) in [4.78, 5) is 4.63. The van der Waals surface area contributed by atoms with E-state index in [-0.39, 0.29) is 0 Å². The van der Waals surface area contributed by atoms with E-state index in [1.807, 2.05) is 24.3 Å². The van der Waals surface area contributed by atoms with Crippen LogP contribution < -0.4 is 5.32 Å². The number of pyridine rings is 1. The van der Waals surface area contributed by atoms with Crippen LogP contribution in [0.25, 0.3) is 10.9 Å². The number of aromatic nitrogens is 1. The first-order valence-electron chi connectivity index (χ1n) is 8.54. The first-order valence-corrected chi connectivity index (χ1v) is 8.54. The Kier molecular flexibility index (Phi) is 4.17. The van der Waals surface area contributed by atoms with E-state index in [4.69, 9.17) is 0 Å². The fourth-order valence-corrected chi connectivity index (χ4v) is 3.16. The second-order valence-corrected chi connectivity index (χ2v) is 6.30. The number of anilines is 2. The monoisotopic (exact) mass is 324 g/mol. The molecule has 4 aromatic rings. The molecule has 0 unspecified atom stereocenters. The lowest BCUT2D eigenvalue weighted by atomic mass is 10.00. The molecule has 0 fully saturated rings. The van der Waals surface area contributed by atoms with Crippen molar-refractivity contribution in [3.8, 4) is 0 Å². The van der Waals surface area contributed by atoms with Crippen LogP contribution in [0.4, 0.5) is 11.4 Å². The highest BCUT2D eigenvalue weighted by molar-refractivity contribution is 5.82. The molecule has 122 valence electrons. The van der Waals surface area contributed by atoms with Gasteiger partial charge in [0, 0.05) is 22.5 Å². The molecule has 0 spiro atoms. The molecule has 0 bridgehead atoms. The predicted molar refractivity (Wildman–Crippen MR) is 105 cm³/mol. The van der Waals surface area contributed by atoms with Gasteiger partial charge in [0.1, 0.15) is 0 Å². The number of nitrogens with one attached hydrogen (secondary N) is 1. The third kappa shape index (κ3) is 3.53. The van der Waals surface area contributed by atoms with Crippen molar-refractivity contribution >= 4 is 22.3 Å². The van der Waals surface area contributed by atoms with E-state index < -0.39 is 0 Å². The maximum Gasteiger partial charge on any atom is 0.0708 e. The Balaban J connectivity index is 1.58. The maximum absolute atomic E-state index is 4.63. The van der Waals surface area contributed by atoms with Crippen molar-refractivity contribution in [3.05, 3.63) is 102 Å². The van der Waals surface area contributed by atoms with Gasteiger partial charge in [0.05, 0.1) is 5.52 Å². The first kappa shape index (κ1) is 15.4. The second kappa shape index (κ2) is 6.78. The summed E-state index contributed by atoms with van der Waals surface area (Å²) >= 11 is 0. The van der Waals surface area contributed by atoms with Gasteiger partial charge < -0.3 is 5.32 Å². The van der Waals surface area contributed by atoms with Crippen LogP contribution in [0.2, 0.25) is 0 Å². The molecule has 1 aromatic heterocycles. The van der Waals surface area contributed by atoms with Crippen LogP contribution in [-0.4, -0.2) is 4.98 Å². The zero-order chi connectivity index (χ0) is 17.1. The van der Waals surface area contributed by atoms with Crippen molar-refractivity contribution in [2.45, 2.75) is 13.3 Å². The average molecular weight is 324 g/mol. The molecule has 0 aliphatic carbocycles. The first-order chi connectivity index (χ1) is 12.3. The third-order valence-electron chi connectivity index (χ3n) is 4.34. The van der Waals surface area contributed by atoms with Crippen LogP contribution in [0.3, 0.4) is 0 Å². The topological polar surface area (TPSA) is 24.9 Å². The molecule has 3 aromatic carbocycles. The standard InChI is InChI=1S/C23H20N2/c1-17-15-19(22-9-5-6-10-23(22)24-17)16-18-11-13-21(14-12-18)25-20-7-3-2-4-8-20/h2-15,25H,16H2,1H3. The number of hydrogen-bond donors (Lipinski definition) is 1. The van der Waals surface area contributed by atoms with Gasteiger partial charge in [-0.2, -0.15) is 0 Å². The van der Waals surface area contributed by atoms with Crippen LogP contribution >= 0.6 is 0 Å². The number of para-hydroxylation sites is 2. The fraction of sp³-hybridized carbons (Fsp3) is 0.0870. The number of benzene rings is 3. The molecule has 2 heteroatoms. The number of aryl methyl sites for hydroxylation is 1. The number of fused-ring (bicyclic) bond motifs is 1. The number of nitrogens with zero attached hydrogens (tertiary/aromatic N) is 1. The Bertz CT molecular complexity index is 989. The van der Waals surface area contributed by atoms with Crippen molar-refractivity contribution in [1.29, 1.82) is 0 Å². The van der Waals surface area contributed by atoms with E-state index in [1.54, 1.807) is 0 Å². The molecule has 0 aliphatic rings. The molecular formula is C23H20N2. The van der Waals surface area contributed by atoms with Crippen molar-refractivity contribution in [2.75, 3.05) is 5.32 Å². The molecule has 25 heavy (non-hydrogen) atoms. The molecule has 2 nitrogen and oxygen atoms in total. The molecule has 0 saturated carbocycles. The molecule has 0 atom stereocenters. The van der Waals surface area contributed by atoms with Gasteiger partial charge in [-0.1, -0.05) is 48.5 Å². The molecular weight excluding hydrogens is 304 g/mol. The molecule has 0 aliphatic heterocycles. The van der Waals surface area contributed by atoms with Gasteiger partial charge in [0.15, 0.2) is 0 Å².